The molecular weight excluding hydrogens is 276 g/mol. The van der Waals surface area contributed by atoms with E-state index in [0.717, 1.165) is 23.8 Å². The van der Waals surface area contributed by atoms with Gasteiger partial charge in [0.15, 0.2) is 0 Å². The second-order valence-corrected chi connectivity index (χ2v) is 4.54. The second-order valence-electron chi connectivity index (χ2n) is 4.54. The van der Waals surface area contributed by atoms with Crippen LogP contribution in [-0.4, -0.2) is 13.7 Å². The van der Waals surface area contributed by atoms with Crippen molar-refractivity contribution in [3.05, 3.63) is 59.2 Å². The number of hydrogen-bond acceptors (Lipinski definition) is 3. The fraction of sp³-hybridized carbons (Fsp3) is 0.250. The lowest BCUT2D eigenvalue weighted by molar-refractivity contribution is 0.293. The summed E-state index contributed by atoms with van der Waals surface area (Å²) in [5.74, 6) is 0.191. The summed E-state index contributed by atoms with van der Waals surface area (Å²) in [6.45, 7) is 0.408. The molecule has 2 N–H and O–H groups in total. The zero-order valence-electron chi connectivity index (χ0n) is 11.7. The zero-order chi connectivity index (χ0) is 15.2. The maximum Gasteiger partial charge on any atom is 0.130 e. The number of benzene rings is 2. The van der Waals surface area contributed by atoms with Crippen LogP contribution in [0.3, 0.4) is 0 Å². The number of rotatable bonds is 6. The zero-order valence-corrected chi connectivity index (χ0v) is 11.7. The molecule has 2 rings (SSSR count). The van der Waals surface area contributed by atoms with E-state index in [4.69, 9.17) is 15.2 Å². The molecule has 0 aliphatic heterocycles. The Kier molecular flexibility index (Phi) is 5.11. The monoisotopic (exact) mass is 293 g/mol. The van der Waals surface area contributed by atoms with Gasteiger partial charge in [-0.05, 0) is 42.8 Å². The Morgan fingerprint density at radius 1 is 1.05 bits per heavy atom. The van der Waals surface area contributed by atoms with Crippen molar-refractivity contribution in [1.82, 2.24) is 0 Å². The average Bonchev–Trinajstić information content (AvgIpc) is 2.49. The van der Waals surface area contributed by atoms with Gasteiger partial charge < -0.3 is 15.2 Å². The van der Waals surface area contributed by atoms with E-state index in [2.05, 4.69) is 0 Å². The van der Waals surface area contributed by atoms with Crippen LogP contribution in [0.15, 0.2) is 36.4 Å². The van der Waals surface area contributed by atoms with Crippen LogP contribution in [0.25, 0.3) is 0 Å². The molecule has 0 aliphatic rings. The predicted octanol–water partition coefficient (Wildman–Crippen LogP) is 3.05. The lowest BCUT2D eigenvalue weighted by atomic mass is 10.1. The molecule has 0 aromatic heterocycles. The lowest BCUT2D eigenvalue weighted by Crippen LogP contribution is -2.06. The summed E-state index contributed by atoms with van der Waals surface area (Å²) in [4.78, 5) is 0. The minimum atomic E-state index is -0.500. The van der Waals surface area contributed by atoms with Crippen molar-refractivity contribution in [3.63, 3.8) is 0 Å². The molecule has 0 atom stereocenters. The maximum atomic E-state index is 13.6. The van der Waals surface area contributed by atoms with Gasteiger partial charge in [0.05, 0.1) is 7.11 Å². The fourth-order valence-electron chi connectivity index (χ4n) is 1.97. The van der Waals surface area contributed by atoms with E-state index in [1.54, 1.807) is 19.2 Å². The standard InChI is InChI=1S/C16H17F2NO2/c1-20-14-4-2-11(6-7-19)16(9-14)21-10-12-8-13(17)3-5-15(12)18/h2-5,8-9H,6-7,10,19H2,1H3. The third kappa shape index (κ3) is 3.92. The molecule has 0 amide bonds. The molecule has 0 aliphatic carbocycles. The molecular formula is C16H17F2NO2. The van der Waals surface area contributed by atoms with Gasteiger partial charge in [-0.2, -0.15) is 0 Å². The minimum absolute atomic E-state index is 0.0612. The largest absolute Gasteiger partial charge is 0.497 e. The Bertz CT molecular complexity index is 617. The van der Waals surface area contributed by atoms with Gasteiger partial charge in [0.2, 0.25) is 0 Å². The number of methoxy groups -OCH3 is 1. The molecule has 0 saturated heterocycles. The van der Waals surface area contributed by atoms with E-state index in [9.17, 15) is 8.78 Å². The van der Waals surface area contributed by atoms with Crippen LogP contribution in [0, 0.1) is 11.6 Å². The predicted molar refractivity (Wildman–Crippen MR) is 76.4 cm³/mol. The molecule has 0 saturated carbocycles. The summed E-state index contributed by atoms with van der Waals surface area (Å²) in [5.41, 5.74) is 6.62. The van der Waals surface area contributed by atoms with E-state index in [-0.39, 0.29) is 12.2 Å². The average molecular weight is 293 g/mol. The molecule has 21 heavy (non-hydrogen) atoms. The molecule has 2 aromatic carbocycles. The first-order valence-corrected chi connectivity index (χ1v) is 6.57. The number of nitrogens with two attached hydrogens (primary N) is 1. The van der Waals surface area contributed by atoms with Crippen LogP contribution in [0.2, 0.25) is 0 Å². The first-order chi connectivity index (χ1) is 10.1. The van der Waals surface area contributed by atoms with Crippen LogP contribution >= 0.6 is 0 Å². The first-order valence-electron chi connectivity index (χ1n) is 6.57. The molecule has 0 fully saturated rings. The Morgan fingerprint density at radius 2 is 1.86 bits per heavy atom. The number of ether oxygens (including phenoxy) is 2. The second kappa shape index (κ2) is 7.04. The van der Waals surface area contributed by atoms with Crippen LogP contribution in [0.5, 0.6) is 11.5 Å². The van der Waals surface area contributed by atoms with Gasteiger partial charge in [0.25, 0.3) is 0 Å². The fourth-order valence-corrected chi connectivity index (χ4v) is 1.97. The van der Waals surface area contributed by atoms with Gasteiger partial charge in [-0.25, -0.2) is 8.78 Å². The van der Waals surface area contributed by atoms with E-state index >= 15 is 0 Å². The SMILES string of the molecule is COc1ccc(CCN)c(OCc2cc(F)ccc2F)c1. The van der Waals surface area contributed by atoms with E-state index in [0.29, 0.717) is 24.5 Å². The van der Waals surface area contributed by atoms with Gasteiger partial charge in [0, 0.05) is 11.6 Å². The van der Waals surface area contributed by atoms with Crippen LogP contribution < -0.4 is 15.2 Å². The highest BCUT2D eigenvalue weighted by molar-refractivity contribution is 5.41. The van der Waals surface area contributed by atoms with Crippen LogP contribution in [-0.2, 0) is 13.0 Å². The van der Waals surface area contributed by atoms with Crippen molar-refractivity contribution < 1.29 is 18.3 Å². The quantitative estimate of drug-likeness (QED) is 0.890. The van der Waals surface area contributed by atoms with Gasteiger partial charge in [-0.15, -0.1) is 0 Å². The van der Waals surface area contributed by atoms with E-state index in [1.165, 1.54) is 0 Å². The first kappa shape index (κ1) is 15.3. The molecule has 0 radical (unpaired) electrons. The van der Waals surface area contributed by atoms with Crippen LogP contribution in [0.4, 0.5) is 8.78 Å². The maximum absolute atomic E-state index is 13.6. The molecule has 0 heterocycles. The van der Waals surface area contributed by atoms with Crippen molar-refractivity contribution in [2.45, 2.75) is 13.0 Å². The molecule has 5 heteroatoms. The third-order valence-electron chi connectivity index (χ3n) is 3.08. The van der Waals surface area contributed by atoms with Gasteiger partial charge in [0.1, 0.15) is 29.7 Å². The molecule has 0 unspecified atom stereocenters. The molecule has 3 nitrogen and oxygen atoms in total. The summed E-state index contributed by atoms with van der Waals surface area (Å²) >= 11 is 0. The topological polar surface area (TPSA) is 44.5 Å². The Hall–Kier alpha value is -2.14. The molecule has 0 bridgehead atoms. The van der Waals surface area contributed by atoms with Crippen molar-refractivity contribution in [2.24, 2.45) is 5.73 Å². The van der Waals surface area contributed by atoms with Gasteiger partial charge >= 0.3 is 0 Å². The van der Waals surface area contributed by atoms with Crippen molar-refractivity contribution in [2.75, 3.05) is 13.7 Å². The summed E-state index contributed by atoms with van der Waals surface area (Å²) in [5, 5.41) is 0. The molecule has 0 spiro atoms. The van der Waals surface area contributed by atoms with Crippen LogP contribution in [0.1, 0.15) is 11.1 Å². The number of hydrogen-bond donors (Lipinski definition) is 1. The smallest absolute Gasteiger partial charge is 0.130 e. The van der Waals surface area contributed by atoms with Gasteiger partial charge in [-0.1, -0.05) is 6.07 Å². The van der Waals surface area contributed by atoms with Crippen molar-refractivity contribution >= 4 is 0 Å². The summed E-state index contributed by atoms with van der Waals surface area (Å²) in [6.07, 6.45) is 0.630. The highest BCUT2D eigenvalue weighted by Gasteiger charge is 2.09. The molecule has 2 aromatic rings. The van der Waals surface area contributed by atoms with Crippen molar-refractivity contribution in [3.8, 4) is 11.5 Å². The third-order valence-corrected chi connectivity index (χ3v) is 3.08. The van der Waals surface area contributed by atoms with Crippen molar-refractivity contribution in [1.29, 1.82) is 0 Å². The summed E-state index contributed by atoms with van der Waals surface area (Å²) < 4.78 is 37.5. The summed E-state index contributed by atoms with van der Waals surface area (Å²) in [7, 11) is 1.55. The minimum Gasteiger partial charge on any atom is -0.497 e. The highest BCUT2D eigenvalue weighted by atomic mass is 19.1. The van der Waals surface area contributed by atoms with E-state index < -0.39 is 11.6 Å². The van der Waals surface area contributed by atoms with Gasteiger partial charge in [-0.3, -0.25) is 0 Å². The Balaban J connectivity index is 2.19. The Morgan fingerprint density at radius 3 is 2.57 bits per heavy atom. The normalized spacial score (nSPS) is 10.5. The molecule has 112 valence electrons. The summed E-state index contributed by atoms with van der Waals surface area (Å²) in [6, 6.07) is 8.65. The van der Waals surface area contributed by atoms with E-state index in [1.807, 2.05) is 6.07 Å². The number of halogens is 2. The lowest BCUT2D eigenvalue weighted by Gasteiger charge is -2.13. The highest BCUT2D eigenvalue weighted by Crippen LogP contribution is 2.26. The Labute approximate surface area is 122 Å².